The van der Waals surface area contributed by atoms with Crippen molar-refractivity contribution in [1.29, 1.82) is 0 Å². The molecule has 1 amide bonds. The number of amides is 1. The Bertz CT molecular complexity index is 483. The fourth-order valence-electron chi connectivity index (χ4n) is 2.98. The van der Waals surface area contributed by atoms with Gasteiger partial charge in [-0.15, -0.1) is 0 Å². The topological polar surface area (TPSA) is 60.5 Å². The molecule has 7 heteroatoms. The number of carbonyl (C=O) groups is 1. The molecule has 0 aromatic carbocycles. The summed E-state index contributed by atoms with van der Waals surface area (Å²) in [5.41, 5.74) is -1.33. The molecule has 132 valence electrons. The SMILES string of the molecule is COC1=CCON(C)[C@@H]1[C@@H]1COC(C)(C)N1C(=O)OC(C)(C)C. The maximum Gasteiger partial charge on any atom is 0.412 e. The molecule has 2 heterocycles. The molecule has 7 nitrogen and oxygen atoms in total. The molecular weight excluding hydrogens is 300 g/mol. The number of hydroxylamine groups is 2. The van der Waals surface area contributed by atoms with E-state index in [0.29, 0.717) is 13.2 Å². The highest BCUT2D eigenvalue weighted by atomic mass is 16.7. The van der Waals surface area contributed by atoms with Crippen LogP contribution < -0.4 is 0 Å². The first-order chi connectivity index (χ1) is 10.6. The van der Waals surface area contributed by atoms with E-state index in [4.69, 9.17) is 19.0 Å². The van der Waals surface area contributed by atoms with Crippen LogP contribution >= 0.6 is 0 Å². The molecule has 0 saturated carbocycles. The lowest BCUT2D eigenvalue weighted by molar-refractivity contribution is -0.179. The molecule has 2 aliphatic rings. The maximum atomic E-state index is 12.7. The molecule has 23 heavy (non-hydrogen) atoms. The van der Waals surface area contributed by atoms with Crippen LogP contribution in [-0.4, -0.2) is 66.8 Å². The molecule has 2 rings (SSSR count). The zero-order valence-electron chi connectivity index (χ0n) is 15.1. The highest BCUT2D eigenvalue weighted by Gasteiger charge is 2.51. The van der Waals surface area contributed by atoms with E-state index in [2.05, 4.69) is 0 Å². The molecule has 0 aromatic rings. The molecule has 0 aliphatic carbocycles. The van der Waals surface area contributed by atoms with Gasteiger partial charge in [-0.2, -0.15) is 5.06 Å². The Morgan fingerprint density at radius 1 is 1.39 bits per heavy atom. The molecule has 2 atom stereocenters. The second-order valence-electron chi connectivity index (χ2n) is 7.27. The number of hydrogen-bond acceptors (Lipinski definition) is 6. The van der Waals surface area contributed by atoms with Gasteiger partial charge in [0.1, 0.15) is 23.1 Å². The first-order valence-electron chi connectivity index (χ1n) is 7.83. The average Bonchev–Trinajstić information content (AvgIpc) is 2.71. The molecule has 0 radical (unpaired) electrons. The van der Waals surface area contributed by atoms with Gasteiger partial charge in [0.15, 0.2) is 0 Å². The second kappa shape index (κ2) is 6.30. The van der Waals surface area contributed by atoms with E-state index in [1.54, 1.807) is 17.1 Å². The van der Waals surface area contributed by atoms with Crippen molar-refractivity contribution in [2.24, 2.45) is 0 Å². The van der Waals surface area contributed by atoms with Crippen LogP contribution in [0.15, 0.2) is 11.8 Å². The Kier molecular flexibility index (Phi) is 4.94. The molecule has 0 unspecified atom stereocenters. The van der Waals surface area contributed by atoms with Crippen LogP contribution in [0.3, 0.4) is 0 Å². The minimum Gasteiger partial charge on any atom is -0.499 e. The fourth-order valence-corrected chi connectivity index (χ4v) is 2.98. The summed E-state index contributed by atoms with van der Waals surface area (Å²) < 4.78 is 16.9. The molecule has 1 fully saturated rings. The van der Waals surface area contributed by atoms with Crippen molar-refractivity contribution in [3.63, 3.8) is 0 Å². The van der Waals surface area contributed by atoms with Gasteiger partial charge in [-0.05, 0) is 40.7 Å². The normalized spacial score (nSPS) is 28.5. The van der Waals surface area contributed by atoms with Crippen LogP contribution in [0.4, 0.5) is 4.79 Å². The van der Waals surface area contributed by atoms with Crippen molar-refractivity contribution in [2.75, 3.05) is 27.4 Å². The van der Waals surface area contributed by atoms with E-state index in [1.807, 2.05) is 47.7 Å². The van der Waals surface area contributed by atoms with Gasteiger partial charge in [-0.1, -0.05) is 0 Å². The van der Waals surface area contributed by atoms with Crippen molar-refractivity contribution < 1.29 is 23.8 Å². The first kappa shape index (κ1) is 18.0. The number of likely N-dealkylation sites (N-methyl/N-ethyl adjacent to an activating group) is 1. The van der Waals surface area contributed by atoms with Gasteiger partial charge in [0.25, 0.3) is 0 Å². The minimum absolute atomic E-state index is 0.247. The van der Waals surface area contributed by atoms with Crippen LogP contribution in [0.1, 0.15) is 34.6 Å². The summed E-state index contributed by atoms with van der Waals surface area (Å²) in [5.74, 6) is 0.763. The number of rotatable bonds is 2. The number of carbonyl (C=O) groups excluding carboxylic acids is 1. The van der Waals surface area contributed by atoms with Crippen LogP contribution in [0.2, 0.25) is 0 Å². The van der Waals surface area contributed by atoms with E-state index >= 15 is 0 Å². The number of ether oxygens (including phenoxy) is 3. The predicted molar refractivity (Wildman–Crippen MR) is 84.5 cm³/mol. The number of nitrogens with zero attached hydrogens (tertiary/aromatic N) is 2. The summed E-state index contributed by atoms with van der Waals surface area (Å²) in [6.45, 7) is 10.1. The van der Waals surface area contributed by atoms with Gasteiger partial charge in [0, 0.05) is 7.05 Å². The Balaban J connectivity index is 2.31. The van der Waals surface area contributed by atoms with Crippen LogP contribution in [-0.2, 0) is 19.0 Å². The Morgan fingerprint density at radius 2 is 2.04 bits per heavy atom. The molecule has 0 N–H and O–H groups in total. The van der Waals surface area contributed by atoms with Gasteiger partial charge in [-0.3, -0.25) is 9.74 Å². The number of methoxy groups -OCH3 is 1. The zero-order valence-corrected chi connectivity index (χ0v) is 15.1. The third-order valence-corrected chi connectivity index (χ3v) is 3.96. The standard InChI is InChI=1S/C16H28N2O5/c1-15(2,3)23-14(19)18-11(10-21-16(18,4)5)13-12(20-7)8-9-22-17(13)6/h8,11,13H,9-10H2,1-7H3/t11-,13+/m0/s1. The molecule has 0 aromatic heterocycles. The first-order valence-corrected chi connectivity index (χ1v) is 7.83. The van der Waals surface area contributed by atoms with Crippen molar-refractivity contribution in [3.8, 4) is 0 Å². The molecule has 1 saturated heterocycles. The van der Waals surface area contributed by atoms with Gasteiger partial charge >= 0.3 is 6.09 Å². The maximum absolute atomic E-state index is 12.7. The number of hydrogen-bond donors (Lipinski definition) is 0. The van der Waals surface area contributed by atoms with Gasteiger partial charge in [-0.25, -0.2) is 4.79 Å². The van der Waals surface area contributed by atoms with Crippen molar-refractivity contribution in [3.05, 3.63) is 11.8 Å². The third-order valence-electron chi connectivity index (χ3n) is 3.96. The largest absolute Gasteiger partial charge is 0.499 e. The average molecular weight is 328 g/mol. The van der Waals surface area contributed by atoms with Crippen molar-refractivity contribution in [1.82, 2.24) is 9.96 Å². The van der Waals surface area contributed by atoms with Crippen molar-refractivity contribution in [2.45, 2.75) is 58.0 Å². The van der Waals surface area contributed by atoms with Gasteiger partial charge in [0.2, 0.25) is 0 Å². The fraction of sp³-hybridized carbons (Fsp3) is 0.812. The van der Waals surface area contributed by atoms with Crippen molar-refractivity contribution >= 4 is 6.09 Å². The van der Waals surface area contributed by atoms with E-state index in [1.165, 1.54) is 0 Å². The van der Waals surface area contributed by atoms with Gasteiger partial charge < -0.3 is 14.2 Å². The lowest BCUT2D eigenvalue weighted by Gasteiger charge is -2.41. The quantitative estimate of drug-likeness (QED) is 0.774. The predicted octanol–water partition coefficient (Wildman–Crippen LogP) is 2.13. The van der Waals surface area contributed by atoms with E-state index in [0.717, 1.165) is 5.76 Å². The third kappa shape index (κ3) is 3.79. The monoisotopic (exact) mass is 328 g/mol. The summed E-state index contributed by atoms with van der Waals surface area (Å²) in [4.78, 5) is 19.9. The minimum atomic E-state index is -0.760. The van der Waals surface area contributed by atoms with E-state index < -0.39 is 17.4 Å². The Hall–Kier alpha value is -1.31. The van der Waals surface area contributed by atoms with Crippen LogP contribution in [0.25, 0.3) is 0 Å². The van der Waals surface area contributed by atoms with E-state index in [-0.39, 0.29) is 12.1 Å². The summed E-state index contributed by atoms with van der Waals surface area (Å²) in [6.07, 6.45) is 1.47. The second-order valence-corrected chi connectivity index (χ2v) is 7.27. The van der Waals surface area contributed by atoms with Crippen LogP contribution in [0, 0.1) is 0 Å². The van der Waals surface area contributed by atoms with E-state index in [9.17, 15) is 4.79 Å². The summed E-state index contributed by atoms with van der Waals surface area (Å²) in [5, 5.41) is 1.71. The van der Waals surface area contributed by atoms with Crippen LogP contribution in [0.5, 0.6) is 0 Å². The Labute approximate surface area is 138 Å². The summed E-state index contributed by atoms with van der Waals surface area (Å²) in [6, 6.07) is -0.514. The molecule has 2 aliphatic heterocycles. The molecule has 0 bridgehead atoms. The molecule has 0 spiro atoms. The smallest absolute Gasteiger partial charge is 0.412 e. The summed E-state index contributed by atoms with van der Waals surface area (Å²) >= 11 is 0. The van der Waals surface area contributed by atoms with Gasteiger partial charge in [0.05, 0.1) is 26.4 Å². The zero-order chi connectivity index (χ0) is 17.4. The summed E-state index contributed by atoms with van der Waals surface area (Å²) in [7, 11) is 3.45. The highest BCUT2D eigenvalue weighted by molar-refractivity contribution is 5.70. The Morgan fingerprint density at radius 3 is 2.61 bits per heavy atom. The lowest BCUT2D eigenvalue weighted by Crippen LogP contribution is -2.58. The lowest BCUT2D eigenvalue weighted by atomic mass is 10.0. The molecular formula is C16H28N2O5. The highest BCUT2D eigenvalue weighted by Crippen LogP contribution is 2.35.